The van der Waals surface area contributed by atoms with Crippen LogP contribution in [-0.2, 0) is 0 Å². The molecule has 2 N–H and O–H groups in total. The first-order chi connectivity index (χ1) is 5.83. The summed E-state index contributed by atoms with van der Waals surface area (Å²) in [7, 11) is 0. The molecule has 0 spiro atoms. The van der Waals surface area contributed by atoms with E-state index in [9.17, 15) is 0 Å². The Morgan fingerprint density at radius 1 is 1.58 bits per heavy atom. The highest BCUT2D eigenvalue weighted by molar-refractivity contribution is 5.34. The maximum atomic E-state index is 8.52. The van der Waals surface area contributed by atoms with Crippen molar-refractivity contribution in [3.63, 3.8) is 0 Å². The normalized spacial score (nSPS) is 9.83. The van der Waals surface area contributed by atoms with Crippen molar-refractivity contribution < 1.29 is 5.11 Å². The number of hydrogen-bond donors (Lipinski definition) is 2. The van der Waals surface area contributed by atoms with Crippen LogP contribution in [0.3, 0.4) is 0 Å². The van der Waals surface area contributed by atoms with Crippen molar-refractivity contribution in [3.8, 4) is 0 Å². The lowest BCUT2D eigenvalue weighted by Gasteiger charge is -2.02. The molecule has 1 heterocycles. The van der Waals surface area contributed by atoms with E-state index >= 15 is 0 Å². The average Bonchev–Trinajstić information content (AvgIpc) is 2.05. The predicted molar refractivity (Wildman–Crippen MR) is 47.0 cm³/mol. The lowest BCUT2D eigenvalue weighted by Crippen LogP contribution is -2.05. The lowest BCUT2D eigenvalue weighted by molar-refractivity contribution is 0.292. The van der Waals surface area contributed by atoms with E-state index in [4.69, 9.17) is 5.11 Å². The van der Waals surface area contributed by atoms with Crippen molar-refractivity contribution >= 4 is 5.82 Å². The van der Waals surface area contributed by atoms with Gasteiger partial charge in [-0.3, -0.25) is 0 Å². The van der Waals surface area contributed by atoms with E-state index < -0.39 is 0 Å². The van der Waals surface area contributed by atoms with Crippen molar-refractivity contribution in [1.29, 1.82) is 0 Å². The van der Waals surface area contributed by atoms with Gasteiger partial charge in [0.1, 0.15) is 5.82 Å². The molecule has 12 heavy (non-hydrogen) atoms. The minimum atomic E-state index is 0.201. The Kier molecular flexibility index (Phi) is 3.47. The van der Waals surface area contributed by atoms with Crippen molar-refractivity contribution in [2.45, 2.75) is 13.3 Å². The molecule has 0 amide bonds. The Balaban J connectivity index is 2.41. The zero-order chi connectivity index (χ0) is 8.81. The molecule has 0 aromatic carbocycles. The van der Waals surface area contributed by atoms with Crippen LogP contribution in [0.25, 0.3) is 0 Å². The van der Waals surface area contributed by atoms with E-state index in [1.165, 1.54) is 0 Å². The van der Waals surface area contributed by atoms with Crippen LogP contribution in [0.2, 0.25) is 0 Å². The van der Waals surface area contributed by atoms with Gasteiger partial charge in [-0.25, -0.2) is 0 Å². The molecule has 0 radical (unpaired) electrons. The highest BCUT2D eigenvalue weighted by Crippen LogP contribution is 2.02. The minimum absolute atomic E-state index is 0.201. The van der Waals surface area contributed by atoms with Crippen LogP contribution in [0.1, 0.15) is 12.0 Å². The molecule has 0 aliphatic carbocycles. The van der Waals surface area contributed by atoms with Gasteiger partial charge in [0.05, 0.1) is 6.20 Å². The molecule has 0 atom stereocenters. The first-order valence-corrected chi connectivity index (χ1v) is 3.97. The summed E-state index contributed by atoms with van der Waals surface area (Å²) < 4.78 is 0. The van der Waals surface area contributed by atoms with Crippen molar-refractivity contribution in [1.82, 2.24) is 10.2 Å². The number of rotatable bonds is 4. The molecule has 0 saturated carbocycles. The van der Waals surface area contributed by atoms with Gasteiger partial charge in [0.25, 0.3) is 0 Å². The molecule has 0 saturated heterocycles. The van der Waals surface area contributed by atoms with Crippen molar-refractivity contribution in [2.75, 3.05) is 18.5 Å². The van der Waals surface area contributed by atoms with E-state index in [0.717, 1.165) is 24.3 Å². The van der Waals surface area contributed by atoms with E-state index in [2.05, 4.69) is 15.5 Å². The summed E-state index contributed by atoms with van der Waals surface area (Å²) in [6.07, 6.45) is 2.44. The van der Waals surface area contributed by atoms with Gasteiger partial charge in [0.15, 0.2) is 0 Å². The Morgan fingerprint density at radius 2 is 2.42 bits per heavy atom. The van der Waals surface area contributed by atoms with Crippen LogP contribution in [-0.4, -0.2) is 28.5 Å². The molecule has 0 aliphatic rings. The second kappa shape index (κ2) is 4.66. The first-order valence-electron chi connectivity index (χ1n) is 3.97. The number of nitrogens with zero attached hydrogens (tertiary/aromatic N) is 2. The van der Waals surface area contributed by atoms with Crippen molar-refractivity contribution in [3.05, 3.63) is 17.8 Å². The van der Waals surface area contributed by atoms with E-state index in [-0.39, 0.29) is 6.61 Å². The van der Waals surface area contributed by atoms with Gasteiger partial charge in [-0.1, -0.05) is 0 Å². The third kappa shape index (κ3) is 2.84. The second-order valence-corrected chi connectivity index (χ2v) is 2.62. The number of aryl methyl sites for hydroxylation is 1. The third-order valence-electron chi connectivity index (χ3n) is 1.43. The molecular weight excluding hydrogens is 154 g/mol. The highest BCUT2D eigenvalue weighted by Gasteiger charge is 1.92. The summed E-state index contributed by atoms with van der Waals surface area (Å²) in [5.41, 5.74) is 1.08. The summed E-state index contributed by atoms with van der Waals surface area (Å²) in [5, 5.41) is 19.2. The zero-order valence-electron chi connectivity index (χ0n) is 7.12. The molecule has 0 fully saturated rings. The van der Waals surface area contributed by atoms with Crippen LogP contribution in [0.15, 0.2) is 12.3 Å². The predicted octanol–water partition coefficient (Wildman–Crippen LogP) is 0.579. The van der Waals surface area contributed by atoms with Gasteiger partial charge in [0.2, 0.25) is 0 Å². The maximum Gasteiger partial charge on any atom is 0.148 e. The fourth-order valence-corrected chi connectivity index (χ4v) is 0.846. The smallest absolute Gasteiger partial charge is 0.148 e. The highest BCUT2D eigenvalue weighted by atomic mass is 16.3. The van der Waals surface area contributed by atoms with Gasteiger partial charge in [-0.2, -0.15) is 5.10 Å². The SMILES string of the molecule is Cc1cnnc(NCCCO)c1. The maximum absolute atomic E-state index is 8.52. The lowest BCUT2D eigenvalue weighted by atomic mass is 10.3. The molecule has 4 heteroatoms. The topological polar surface area (TPSA) is 58.0 Å². The van der Waals surface area contributed by atoms with Gasteiger partial charge in [0, 0.05) is 13.2 Å². The number of hydrogen-bond acceptors (Lipinski definition) is 4. The Morgan fingerprint density at radius 3 is 3.08 bits per heavy atom. The average molecular weight is 167 g/mol. The summed E-state index contributed by atoms with van der Waals surface area (Å²) in [6, 6.07) is 1.92. The fourth-order valence-electron chi connectivity index (χ4n) is 0.846. The monoisotopic (exact) mass is 167 g/mol. The molecule has 1 aromatic heterocycles. The van der Waals surface area contributed by atoms with Crippen LogP contribution in [0, 0.1) is 6.92 Å². The zero-order valence-corrected chi connectivity index (χ0v) is 7.12. The summed E-state index contributed by atoms with van der Waals surface area (Å²) >= 11 is 0. The Hall–Kier alpha value is -1.16. The van der Waals surface area contributed by atoms with Crippen LogP contribution in [0.4, 0.5) is 5.82 Å². The molecule has 1 rings (SSSR count). The third-order valence-corrected chi connectivity index (χ3v) is 1.43. The van der Waals surface area contributed by atoms with Gasteiger partial charge < -0.3 is 10.4 Å². The summed E-state index contributed by atoms with van der Waals surface area (Å²) in [4.78, 5) is 0. The Bertz CT molecular complexity index is 239. The number of anilines is 1. The largest absolute Gasteiger partial charge is 0.396 e. The van der Waals surface area contributed by atoms with E-state index in [1.807, 2.05) is 13.0 Å². The molecule has 0 unspecified atom stereocenters. The number of aliphatic hydroxyl groups is 1. The van der Waals surface area contributed by atoms with Crippen LogP contribution in [0.5, 0.6) is 0 Å². The molecule has 66 valence electrons. The minimum Gasteiger partial charge on any atom is -0.396 e. The summed E-state index contributed by atoms with van der Waals surface area (Å²) in [6.45, 7) is 2.90. The van der Waals surface area contributed by atoms with E-state index in [1.54, 1.807) is 6.20 Å². The number of nitrogens with one attached hydrogen (secondary N) is 1. The summed E-state index contributed by atoms with van der Waals surface area (Å²) in [5.74, 6) is 0.767. The van der Waals surface area contributed by atoms with Gasteiger partial charge >= 0.3 is 0 Å². The van der Waals surface area contributed by atoms with E-state index in [0.29, 0.717) is 0 Å². The first kappa shape index (κ1) is 8.93. The van der Waals surface area contributed by atoms with Gasteiger partial charge in [-0.15, -0.1) is 5.10 Å². The fraction of sp³-hybridized carbons (Fsp3) is 0.500. The molecule has 0 bridgehead atoms. The quantitative estimate of drug-likeness (QED) is 0.644. The molecule has 4 nitrogen and oxygen atoms in total. The van der Waals surface area contributed by atoms with Gasteiger partial charge in [-0.05, 0) is 25.0 Å². The number of aromatic nitrogens is 2. The van der Waals surface area contributed by atoms with Crippen LogP contribution >= 0.6 is 0 Å². The molecule has 1 aromatic rings. The Labute approximate surface area is 71.6 Å². The standard InChI is InChI=1S/C8H13N3O/c1-7-5-8(11-10-6-7)9-3-2-4-12/h5-6,12H,2-4H2,1H3,(H,9,11). The molecule has 0 aliphatic heterocycles. The number of aliphatic hydroxyl groups excluding tert-OH is 1. The second-order valence-electron chi connectivity index (χ2n) is 2.62. The van der Waals surface area contributed by atoms with Crippen molar-refractivity contribution in [2.24, 2.45) is 0 Å². The van der Waals surface area contributed by atoms with Crippen LogP contribution < -0.4 is 5.32 Å². The molecular formula is C8H13N3O.